The minimum absolute atomic E-state index is 0.642. The Morgan fingerprint density at radius 2 is 1.44 bits per heavy atom. The summed E-state index contributed by atoms with van der Waals surface area (Å²) in [6.45, 7) is 0. The predicted molar refractivity (Wildman–Crippen MR) is 109 cm³/mol. The molecule has 4 heteroatoms. The molecule has 0 unspecified atom stereocenters. The van der Waals surface area contributed by atoms with E-state index in [9.17, 15) is 0 Å². The van der Waals surface area contributed by atoms with E-state index in [1.165, 1.54) is 0 Å². The number of benzene rings is 3. The van der Waals surface area contributed by atoms with E-state index in [0.29, 0.717) is 5.82 Å². The van der Waals surface area contributed by atoms with Crippen LogP contribution < -0.4 is 4.74 Å². The average molecular weight is 353 g/mol. The molecule has 0 saturated carbocycles. The van der Waals surface area contributed by atoms with Crippen molar-refractivity contribution in [1.82, 2.24) is 14.8 Å². The van der Waals surface area contributed by atoms with Crippen molar-refractivity contribution in [3.05, 3.63) is 96.3 Å². The summed E-state index contributed by atoms with van der Waals surface area (Å²) in [5.74, 6) is 2.15. The summed E-state index contributed by atoms with van der Waals surface area (Å²) in [6.07, 6.45) is 3.93. The van der Waals surface area contributed by atoms with Crippen molar-refractivity contribution in [3.8, 4) is 22.8 Å². The first-order valence-corrected chi connectivity index (χ1v) is 8.74. The van der Waals surface area contributed by atoms with E-state index in [0.717, 1.165) is 28.4 Å². The van der Waals surface area contributed by atoms with Crippen molar-refractivity contribution >= 4 is 12.2 Å². The van der Waals surface area contributed by atoms with Gasteiger partial charge in [-0.25, -0.2) is 9.67 Å². The number of aromatic nitrogens is 3. The van der Waals surface area contributed by atoms with Gasteiger partial charge in [-0.2, -0.15) is 0 Å². The van der Waals surface area contributed by atoms with E-state index in [1.807, 2.05) is 102 Å². The maximum Gasteiger partial charge on any atom is 0.175 e. The van der Waals surface area contributed by atoms with Crippen LogP contribution in [0.5, 0.6) is 5.75 Å². The van der Waals surface area contributed by atoms with Crippen LogP contribution in [0.2, 0.25) is 0 Å². The van der Waals surface area contributed by atoms with Crippen molar-refractivity contribution in [2.75, 3.05) is 7.11 Å². The van der Waals surface area contributed by atoms with Gasteiger partial charge in [-0.05, 0) is 35.9 Å². The van der Waals surface area contributed by atoms with Gasteiger partial charge in [0.2, 0.25) is 0 Å². The van der Waals surface area contributed by atoms with Gasteiger partial charge in [-0.1, -0.05) is 66.7 Å². The Morgan fingerprint density at radius 1 is 0.778 bits per heavy atom. The van der Waals surface area contributed by atoms with Crippen LogP contribution in [0.4, 0.5) is 0 Å². The first kappa shape index (κ1) is 16.8. The SMILES string of the molecule is COc1ccccc1-c1nc(/C=C/c2ccccc2)nn1-c1ccccc1. The smallest absolute Gasteiger partial charge is 0.175 e. The second-order valence-electron chi connectivity index (χ2n) is 5.99. The van der Waals surface area contributed by atoms with E-state index in [4.69, 9.17) is 14.8 Å². The van der Waals surface area contributed by atoms with E-state index < -0.39 is 0 Å². The third-order valence-corrected chi connectivity index (χ3v) is 4.20. The molecule has 0 N–H and O–H groups in total. The van der Waals surface area contributed by atoms with Crippen LogP contribution in [0, 0.1) is 0 Å². The van der Waals surface area contributed by atoms with Crippen LogP contribution in [0.3, 0.4) is 0 Å². The van der Waals surface area contributed by atoms with Gasteiger partial charge >= 0.3 is 0 Å². The van der Waals surface area contributed by atoms with Crippen LogP contribution >= 0.6 is 0 Å². The lowest BCUT2D eigenvalue weighted by Crippen LogP contribution is -2.00. The van der Waals surface area contributed by atoms with Gasteiger partial charge in [0.1, 0.15) is 5.75 Å². The highest BCUT2D eigenvalue weighted by Gasteiger charge is 2.15. The van der Waals surface area contributed by atoms with Gasteiger partial charge in [0.25, 0.3) is 0 Å². The zero-order chi connectivity index (χ0) is 18.5. The number of hydrogen-bond donors (Lipinski definition) is 0. The topological polar surface area (TPSA) is 39.9 Å². The highest BCUT2D eigenvalue weighted by molar-refractivity contribution is 5.70. The molecule has 4 aromatic rings. The molecule has 1 heterocycles. The Morgan fingerprint density at radius 3 is 2.19 bits per heavy atom. The second kappa shape index (κ2) is 7.70. The molecule has 0 saturated heterocycles. The molecule has 0 radical (unpaired) electrons. The number of nitrogens with zero attached hydrogens (tertiary/aromatic N) is 3. The summed E-state index contributed by atoms with van der Waals surface area (Å²) in [5.41, 5.74) is 2.95. The highest BCUT2D eigenvalue weighted by Crippen LogP contribution is 2.30. The molecule has 0 bridgehead atoms. The van der Waals surface area contributed by atoms with Gasteiger partial charge in [-0.3, -0.25) is 0 Å². The fourth-order valence-electron chi connectivity index (χ4n) is 2.89. The summed E-state index contributed by atoms with van der Waals surface area (Å²) < 4.78 is 7.38. The molecule has 4 nitrogen and oxygen atoms in total. The van der Waals surface area contributed by atoms with Crippen LogP contribution in [-0.4, -0.2) is 21.9 Å². The van der Waals surface area contributed by atoms with Crippen molar-refractivity contribution in [3.63, 3.8) is 0 Å². The zero-order valence-corrected chi connectivity index (χ0v) is 15.0. The Kier molecular flexibility index (Phi) is 4.79. The van der Waals surface area contributed by atoms with Crippen LogP contribution in [0.15, 0.2) is 84.9 Å². The molecule has 0 fully saturated rings. The number of para-hydroxylation sites is 2. The molecular weight excluding hydrogens is 334 g/mol. The molecule has 0 aliphatic carbocycles. The monoisotopic (exact) mass is 353 g/mol. The lowest BCUT2D eigenvalue weighted by molar-refractivity contribution is 0.416. The Hall–Kier alpha value is -3.66. The maximum absolute atomic E-state index is 5.53. The summed E-state index contributed by atoms with van der Waals surface area (Å²) in [5, 5.41) is 4.71. The van der Waals surface area contributed by atoms with Crippen molar-refractivity contribution < 1.29 is 4.74 Å². The predicted octanol–water partition coefficient (Wildman–Crippen LogP) is 5.11. The van der Waals surface area contributed by atoms with Gasteiger partial charge < -0.3 is 4.74 Å². The maximum atomic E-state index is 5.53. The largest absolute Gasteiger partial charge is 0.496 e. The lowest BCUT2D eigenvalue weighted by Gasteiger charge is -2.09. The van der Waals surface area contributed by atoms with Crippen LogP contribution in [0.25, 0.3) is 29.2 Å². The molecule has 0 atom stereocenters. The highest BCUT2D eigenvalue weighted by atomic mass is 16.5. The van der Waals surface area contributed by atoms with Crippen LogP contribution in [0.1, 0.15) is 11.4 Å². The normalized spacial score (nSPS) is 11.0. The molecule has 27 heavy (non-hydrogen) atoms. The quantitative estimate of drug-likeness (QED) is 0.500. The second-order valence-corrected chi connectivity index (χ2v) is 5.99. The van der Waals surface area contributed by atoms with E-state index >= 15 is 0 Å². The number of ether oxygens (including phenoxy) is 1. The third kappa shape index (κ3) is 3.65. The molecule has 132 valence electrons. The molecule has 1 aromatic heterocycles. The summed E-state index contributed by atoms with van der Waals surface area (Å²) >= 11 is 0. The fraction of sp³-hybridized carbons (Fsp3) is 0.0435. The standard InChI is InChI=1S/C23H19N3O/c1-27-21-15-9-8-14-20(21)23-24-22(17-16-18-10-4-2-5-11-18)25-26(23)19-12-6-3-7-13-19/h2-17H,1H3/b17-16+. The van der Waals surface area contributed by atoms with E-state index in [1.54, 1.807) is 7.11 Å². The number of hydrogen-bond acceptors (Lipinski definition) is 3. The van der Waals surface area contributed by atoms with Crippen molar-refractivity contribution in [2.45, 2.75) is 0 Å². The summed E-state index contributed by atoms with van der Waals surface area (Å²) in [4.78, 5) is 4.77. The van der Waals surface area contributed by atoms with Gasteiger partial charge in [0.05, 0.1) is 18.4 Å². The molecular formula is C23H19N3O. The molecule has 0 aliphatic heterocycles. The fourth-order valence-corrected chi connectivity index (χ4v) is 2.89. The summed E-state index contributed by atoms with van der Waals surface area (Å²) in [7, 11) is 1.66. The molecule has 0 spiro atoms. The van der Waals surface area contributed by atoms with Crippen LogP contribution in [-0.2, 0) is 0 Å². The molecule has 4 rings (SSSR count). The molecule has 0 amide bonds. The minimum atomic E-state index is 0.642. The Labute approximate surface area is 158 Å². The zero-order valence-electron chi connectivity index (χ0n) is 15.0. The van der Waals surface area contributed by atoms with Gasteiger partial charge in [0, 0.05) is 0 Å². The van der Waals surface area contributed by atoms with E-state index in [-0.39, 0.29) is 0 Å². The molecule has 3 aromatic carbocycles. The Balaban J connectivity index is 1.82. The van der Waals surface area contributed by atoms with Gasteiger partial charge in [0.15, 0.2) is 11.6 Å². The molecule has 0 aliphatic rings. The minimum Gasteiger partial charge on any atom is -0.496 e. The first-order valence-electron chi connectivity index (χ1n) is 8.74. The summed E-state index contributed by atoms with van der Waals surface area (Å²) in [6, 6.07) is 27.9. The third-order valence-electron chi connectivity index (χ3n) is 4.20. The number of methoxy groups -OCH3 is 1. The van der Waals surface area contributed by atoms with Crippen molar-refractivity contribution in [1.29, 1.82) is 0 Å². The average Bonchev–Trinajstić information content (AvgIpc) is 3.18. The Bertz CT molecular complexity index is 1050. The van der Waals surface area contributed by atoms with Crippen molar-refractivity contribution in [2.24, 2.45) is 0 Å². The first-order chi connectivity index (χ1) is 13.3. The van der Waals surface area contributed by atoms with E-state index in [2.05, 4.69) is 0 Å². The number of rotatable bonds is 5. The lowest BCUT2D eigenvalue weighted by atomic mass is 10.2. The van der Waals surface area contributed by atoms with Gasteiger partial charge in [-0.15, -0.1) is 5.10 Å².